The van der Waals surface area contributed by atoms with E-state index in [1.54, 1.807) is 0 Å². The lowest BCUT2D eigenvalue weighted by Gasteiger charge is -2.18. The van der Waals surface area contributed by atoms with Gasteiger partial charge in [0, 0.05) is 29.9 Å². The van der Waals surface area contributed by atoms with E-state index >= 15 is 0 Å². The lowest BCUT2D eigenvalue weighted by molar-refractivity contribution is 0.355. The molecule has 2 aromatic rings. The van der Waals surface area contributed by atoms with Gasteiger partial charge in [0.25, 0.3) is 0 Å². The fourth-order valence-corrected chi connectivity index (χ4v) is 1.90. The summed E-state index contributed by atoms with van der Waals surface area (Å²) in [5.74, 6) is 0. The maximum Gasteiger partial charge on any atom is 0.0543 e. The number of hydrogen-bond acceptors (Lipinski definition) is 2. The zero-order chi connectivity index (χ0) is 13.9. The van der Waals surface area contributed by atoms with E-state index in [0.717, 1.165) is 18.1 Å². The molecule has 3 nitrogen and oxygen atoms in total. The number of halogens is 1. The van der Waals surface area contributed by atoms with Crippen LogP contribution in [0.1, 0.15) is 31.9 Å². The molecule has 1 aromatic carbocycles. The highest BCUT2D eigenvalue weighted by Crippen LogP contribution is 2.13. The van der Waals surface area contributed by atoms with Crippen LogP contribution in [0.15, 0.2) is 36.7 Å². The van der Waals surface area contributed by atoms with E-state index in [2.05, 4.69) is 37.4 Å². The summed E-state index contributed by atoms with van der Waals surface area (Å²) in [5, 5.41) is 8.56. The Balaban J connectivity index is 1.86. The number of nitrogens with zero attached hydrogens (tertiary/aromatic N) is 2. The lowest BCUT2D eigenvalue weighted by Crippen LogP contribution is -2.22. The molecule has 0 atom stereocenters. The van der Waals surface area contributed by atoms with Crippen LogP contribution in [0.4, 0.5) is 0 Å². The van der Waals surface area contributed by atoms with Crippen molar-refractivity contribution in [1.29, 1.82) is 0 Å². The zero-order valence-electron chi connectivity index (χ0n) is 11.7. The minimum Gasteiger partial charge on any atom is -0.309 e. The van der Waals surface area contributed by atoms with Crippen molar-refractivity contribution >= 4 is 11.6 Å². The molecule has 0 aliphatic carbocycles. The van der Waals surface area contributed by atoms with Crippen molar-refractivity contribution in [2.24, 2.45) is 0 Å². The first-order chi connectivity index (χ1) is 8.95. The first kappa shape index (κ1) is 14.1. The van der Waals surface area contributed by atoms with E-state index in [9.17, 15) is 0 Å². The van der Waals surface area contributed by atoms with Gasteiger partial charge in [0.15, 0.2) is 0 Å². The number of nitrogens with one attached hydrogen (secondary N) is 1. The molecular weight excluding hydrogens is 258 g/mol. The molecule has 1 aromatic heterocycles. The molecule has 0 saturated carbocycles. The molecular formula is C15H20ClN3. The van der Waals surface area contributed by atoms with E-state index in [-0.39, 0.29) is 5.54 Å². The van der Waals surface area contributed by atoms with Gasteiger partial charge in [-0.25, -0.2) is 0 Å². The molecule has 1 heterocycles. The van der Waals surface area contributed by atoms with Crippen LogP contribution in [0.25, 0.3) is 0 Å². The van der Waals surface area contributed by atoms with Crippen LogP contribution in [0.2, 0.25) is 5.02 Å². The summed E-state index contributed by atoms with van der Waals surface area (Å²) in [6.45, 7) is 8.08. The number of aromatic nitrogens is 2. The highest BCUT2D eigenvalue weighted by molar-refractivity contribution is 6.30. The predicted octanol–water partition coefficient (Wildman–Crippen LogP) is 3.58. The second kappa shape index (κ2) is 5.76. The van der Waals surface area contributed by atoms with Gasteiger partial charge in [-0.15, -0.1) is 0 Å². The van der Waals surface area contributed by atoms with Crippen LogP contribution in [0.5, 0.6) is 0 Å². The fourth-order valence-electron chi connectivity index (χ4n) is 1.77. The molecule has 0 spiro atoms. The van der Waals surface area contributed by atoms with Crippen LogP contribution in [-0.4, -0.2) is 9.78 Å². The monoisotopic (exact) mass is 277 g/mol. The summed E-state index contributed by atoms with van der Waals surface area (Å²) in [6, 6.07) is 7.90. The minimum atomic E-state index is 0.0361. The number of benzene rings is 1. The molecule has 0 aliphatic rings. The van der Waals surface area contributed by atoms with Gasteiger partial charge in [-0.1, -0.05) is 23.7 Å². The quantitative estimate of drug-likeness (QED) is 0.926. The second-order valence-corrected chi connectivity index (χ2v) is 6.13. The van der Waals surface area contributed by atoms with Gasteiger partial charge >= 0.3 is 0 Å². The summed E-state index contributed by atoms with van der Waals surface area (Å²) in [6.07, 6.45) is 4.01. The van der Waals surface area contributed by atoms with E-state index in [1.165, 1.54) is 11.1 Å². The first-order valence-electron chi connectivity index (χ1n) is 6.44. The SMILES string of the molecule is CC(C)(C)n1cc(CNCc2ccc(Cl)cc2)cn1. The largest absolute Gasteiger partial charge is 0.309 e. The van der Waals surface area contributed by atoms with E-state index in [4.69, 9.17) is 11.6 Å². The Kier molecular flexibility index (Phi) is 4.27. The van der Waals surface area contributed by atoms with Gasteiger partial charge in [-0.3, -0.25) is 4.68 Å². The maximum absolute atomic E-state index is 5.86. The van der Waals surface area contributed by atoms with Gasteiger partial charge < -0.3 is 5.32 Å². The normalized spacial score (nSPS) is 11.8. The molecule has 0 bridgehead atoms. The van der Waals surface area contributed by atoms with Crippen LogP contribution < -0.4 is 5.32 Å². The summed E-state index contributed by atoms with van der Waals surface area (Å²) >= 11 is 5.86. The summed E-state index contributed by atoms with van der Waals surface area (Å²) in [5.41, 5.74) is 2.46. The van der Waals surface area contributed by atoms with Crippen molar-refractivity contribution in [1.82, 2.24) is 15.1 Å². The smallest absolute Gasteiger partial charge is 0.0543 e. The van der Waals surface area contributed by atoms with Gasteiger partial charge in [0.05, 0.1) is 11.7 Å². The third-order valence-electron chi connectivity index (χ3n) is 2.89. The summed E-state index contributed by atoms with van der Waals surface area (Å²) < 4.78 is 1.99. The van der Waals surface area contributed by atoms with Gasteiger partial charge in [-0.05, 0) is 38.5 Å². The third-order valence-corrected chi connectivity index (χ3v) is 3.15. The molecule has 2 rings (SSSR count). The summed E-state index contributed by atoms with van der Waals surface area (Å²) in [7, 11) is 0. The molecule has 102 valence electrons. The zero-order valence-corrected chi connectivity index (χ0v) is 12.4. The standard InChI is InChI=1S/C15H20ClN3/c1-15(2,3)19-11-13(10-18-19)9-17-8-12-4-6-14(16)7-5-12/h4-7,10-11,17H,8-9H2,1-3H3. The van der Waals surface area contributed by atoms with Crippen LogP contribution in [0.3, 0.4) is 0 Å². The Morgan fingerprint density at radius 2 is 1.74 bits per heavy atom. The second-order valence-electron chi connectivity index (χ2n) is 5.69. The van der Waals surface area contributed by atoms with E-state index in [1.807, 2.05) is 35.1 Å². The van der Waals surface area contributed by atoms with Crippen LogP contribution in [-0.2, 0) is 18.6 Å². The Bertz CT molecular complexity index is 523. The molecule has 0 aliphatic heterocycles. The third kappa shape index (κ3) is 4.08. The predicted molar refractivity (Wildman–Crippen MR) is 79.2 cm³/mol. The van der Waals surface area contributed by atoms with E-state index < -0.39 is 0 Å². The lowest BCUT2D eigenvalue weighted by atomic mass is 10.1. The molecule has 4 heteroatoms. The Morgan fingerprint density at radius 1 is 1.11 bits per heavy atom. The van der Waals surface area contributed by atoms with Crippen molar-refractivity contribution in [2.45, 2.75) is 39.4 Å². The van der Waals surface area contributed by atoms with E-state index in [0.29, 0.717) is 0 Å². The van der Waals surface area contributed by atoms with Crippen molar-refractivity contribution in [2.75, 3.05) is 0 Å². The van der Waals surface area contributed by atoms with Crippen molar-refractivity contribution in [3.05, 3.63) is 52.8 Å². The first-order valence-corrected chi connectivity index (χ1v) is 6.82. The maximum atomic E-state index is 5.86. The molecule has 0 saturated heterocycles. The molecule has 0 radical (unpaired) electrons. The van der Waals surface area contributed by atoms with Crippen molar-refractivity contribution < 1.29 is 0 Å². The van der Waals surface area contributed by atoms with Crippen molar-refractivity contribution in [3.63, 3.8) is 0 Å². The number of rotatable bonds is 4. The van der Waals surface area contributed by atoms with Gasteiger partial charge in [-0.2, -0.15) is 5.10 Å². The Morgan fingerprint density at radius 3 is 2.32 bits per heavy atom. The average molecular weight is 278 g/mol. The Labute approximate surface area is 119 Å². The van der Waals surface area contributed by atoms with Crippen molar-refractivity contribution in [3.8, 4) is 0 Å². The topological polar surface area (TPSA) is 29.9 Å². The number of hydrogen-bond donors (Lipinski definition) is 1. The molecule has 0 fully saturated rings. The molecule has 1 N–H and O–H groups in total. The fraction of sp³-hybridized carbons (Fsp3) is 0.400. The van der Waals surface area contributed by atoms with Crippen LogP contribution in [0, 0.1) is 0 Å². The molecule has 19 heavy (non-hydrogen) atoms. The highest BCUT2D eigenvalue weighted by atomic mass is 35.5. The molecule has 0 unspecified atom stereocenters. The highest BCUT2D eigenvalue weighted by Gasteiger charge is 2.13. The van der Waals surface area contributed by atoms with Gasteiger partial charge in [0.2, 0.25) is 0 Å². The van der Waals surface area contributed by atoms with Crippen LogP contribution >= 0.6 is 11.6 Å². The average Bonchev–Trinajstić information content (AvgIpc) is 2.80. The Hall–Kier alpha value is -1.32. The summed E-state index contributed by atoms with van der Waals surface area (Å²) in [4.78, 5) is 0. The minimum absolute atomic E-state index is 0.0361. The van der Waals surface area contributed by atoms with Gasteiger partial charge in [0.1, 0.15) is 0 Å². The molecule has 0 amide bonds.